The van der Waals surface area contributed by atoms with Gasteiger partial charge < -0.3 is 0 Å². The number of rotatable bonds is 0. The lowest BCUT2D eigenvalue weighted by Gasteiger charge is -1.97. The van der Waals surface area contributed by atoms with E-state index in [0.29, 0.717) is 19.0 Å². The molecule has 1 aliphatic rings. The summed E-state index contributed by atoms with van der Waals surface area (Å²) in [4.78, 5) is 0. The summed E-state index contributed by atoms with van der Waals surface area (Å²) in [5, 5.41) is 0.880. The van der Waals surface area contributed by atoms with Gasteiger partial charge in [-0.1, -0.05) is 6.92 Å². The smallest absolute Gasteiger partial charge is 0.0316 e. The summed E-state index contributed by atoms with van der Waals surface area (Å²) in [6, 6.07) is 0. The highest BCUT2D eigenvalue weighted by molar-refractivity contribution is 5.85. The van der Waals surface area contributed by atoms with Gasteiger partial charge in [-0.05, 0) is 12.3 Å². The summed E-state index contributed by atoms with van der Waals surface area (Å²) in [5.74, 6) is 0.574. The van der Waals surface area contributed by atoms with Gasteiger partial charge in [0.05, 0.1) is 0 Å². The van der Waals surface area contributed by atoms with Crippen molar-refractivity contribution in [1.29, 1.82) is 0 Å². The molecule has 50 valence electrons. The van der Waals surface area contributed by atoms with E-state index >= 15 is 0 Å². The van der Waals surface area contributed by atoms with Crippen molar-refractivity contribution in [3.8, 4) is 0 Å². The molecule has 1 heterocycles. The molecule has 1 nitrogen and oxygen atoms in total. The van der Waals surface area contributed by atoms with Crippen LogP contribution in [0.4, 0.5) is 4.48 Å². The highest BCUT2D eigenvalue weighted by Gasteiger charge is 2.16. The van der Waals surface area contributed by atoms with E-state index in [1.165, 1.54) is 0 Å². The Balaban J connectivity index is 0.000000490. The van der Waals surface area contributed by atoms with Crippen LogP contribution >= 0.6 is 12.4 Å². The van der Waals surface area contributed by atoms with E-state index in [1.54, 1.807) is 0 Å². The first-order valence-electron chi connectivity index (χ1n) is 2.70. The number of hydrogen-bond donors (Lipinski definition) is 0. The quantitative estimate of drug-likeness (QED) is 0.461. The zero-order chi connectivity index (χ0) is 5.28. The Morgan fingerprint density at radius 2 is 2.25 bits per heavy atom. The lowest BCUT2D eigenvalue weighted by molar-refractivity contribution is 0.0531. The Morgan fingerprint density at radius 3 is 2.38 bits per heavy atom. The minimum absolute atomic E-state index is 0. The van der Waals surface area contributed by atoms with E-state index in [2.05, 4.69) is 6.92 Å². The van der Waals surface area contributed by atoms with Crippen LogP contribution in [0.25, 0.3) is 0 Å². The van der Waals surface area contributed by atoms with Gasteiger partial charge in [0, 0.05) is 13.1 Å². The van der Waals surface area contributed by atoms with Crippen LogP contribution in [0.5, 0.6) is 0 Å². The Labute approximate surface area is 55.2 Å². The summed E-state index contributed by atoms with van der Waals surface area (Å²) < 4.78 is 12.0. The first kappa shape index (κ1) is 8.18. The van der Waals surface area contributed by atoms with Crippen LogP contribution in [0.2, 0.25) is 0 Å². The van der Waals surface area contributed by atoms with Crippen molar-refractivity contribution in [3.05, 3.63) is 0 Å². The lowest BCUT2D eigenvalue weighted by Crippen LogP contribution is -2.06. The van der Waals surface area contributed by atoms with E-state index in [4.69, 9.17) is 0 Å². The minimum Gasteiger partial charge on any atom is -0.147 e. The van der Waals surface area contributed by atoms with Gasteiger partial charge in [0.2, 0.25) is 0 Å². The Bertz CT molecular complexity index is 61.4. The Morgan fingerprint density at radius 1 is 1.62 bits per heavy atom. The third-order valence-electron chi connectivity index (χ3n) is 1.37. The molecule has 0 aromatic rings. The average molecular weight is 140 g/mol. The van der Waals surface area contributed by atoms with Crippen molar-refractivity contribution in [2.24, 2.45) is 5.92 Å². The predicted octanol–water partition coefficient (Wildman–Crippen LogP) is 1.63. The van der Waals surface area contributed by atoms with Crippen LogP contribution in [0.3, 0.4) is 0 Å². The maximum absolute atomic E-state index is 12.0. The van der Waals surface area contributed by atoms with Crippen molar-refractivity contribution in [3.63, 3.8) is 0 Å². The monoisotopic (exact) mass is 139 g/mol. The molecule has 1 atom stereocenters. The average Bonchev–Trinajstić information content (AvgIpc) is 1.87. The normalized spacial score (nSPS) is 30.0. The van der Waals surface area contributed by atoms with Gasteiger partial charge in [0.1, 0.15) is 0 Å². The van der Waals surface area contributed by atoms with E-state index in [9.17, 15) is 4.48 Å². The second-order valence-corrected chi connectivity index (χ2v) is 2.26. The fraction of sp³-hybridized carbons (Fsp3) is 1.00. The third kappa shape index (κ3) is 1.97. The second kappa shape index (κ2) is 3.25. The molecule has 0 aromatic heterocycles. The molecule has 1 aliphatic heterocycles. The maximum atomic E-state index is 12.0. The zero-order valence-electron chi connectivity index (χ0n) is 4.93. The SMILES string of the molecule is CC1CCN(F)C1.Cl. The molecule has 0 saturated carbocycles. The first-order chi connectivity index (χ1) is 3.29. The highest BCUT2D eigenvalue weighted by Crippen LogP contribution is 2.13. The van der Waals surface area contributed by atoms with Crippen LogP contribution in [-0.4, -0.2) is 18.2 Å². The Hall–Kier alpha value is 0.180. The standard InChI is InChI=1S/C5H10FN.ClH/c1-5-2-3-7(6)4-5;/h5H,2-4H2,1H3;1H. The molecule has 1 rings (SSSR count). The molecule has 0 aromatic carbocycles. The summed E-state index contributed by atoms with van der Waals surface area (Å²) in [6.45, 7) is 3.35. The van der Waals surface area contributed by atoms with Crippen molar-refractivity contribution >= 4 is 12.4 Å². The molecular formula is C5H11ClFN. The topological polar surface area (TPSA) is 3.24 Å². The molecule has 0 spiro atoms. The van der Waals surface area contributed by atoms with Crippen molar-refractivity contribution in [2.75, 3.05) is 13.1 Å². The van der Waals surface area contributed by atoms with Crippen molar-refractivity contribution in [1.82, 2.24) is 5.12 Å². The second-order valence-electron chi connectivity index (χ2n) is 2.26. The summed E-state index contributed by atoms with van der Waals surface area (Å²) in [7, 11) is 0. The molecule has 3 heteroatoms. The first-order valence-corrected chi connectivity index (χ1v) is 2.70. The predicted molar refractivity (Wildman–Crippen MR) is 33.7 cm³/mol. The van der Waals surface area contributed by atoms with Crippen molar-refractivity contribution < 1.29 is 4.48 Å². The third-order valence-corrected chi connectivity index (χ3v) is 1.37. The fourth-order valence-corrected chi connectivity index (χ4v) is 0.881. The molecule has 0 amide bonds. The molecule has 0 radical (unpaired) electrons. The molecule has 1 fully saturated rings. The molecule has 0 bridgehead atoms. The molecule has 1 unspecified atom stereocenters. The molecule has 0 aliphatic carbocycles. The van der Waals surface area contributed by atoms with Gasteiger partial charge in [-0.25, -0.2) is 0 Å². The van der Waals surface area contributed by atoms with Crippen molar-refractivity contribution in [2.45, 2.75) is 13.3 Å². The minimum atomic E-state index is 0. The molecule has 0 N–H and O–H groups in total. The van der Waals surface area contributed by atoms with Gasteiger partial charge in [-0.3, -0.25) is 0 Å². The largest absolute Gasteiger partial charge is 0.147 e. The van der Waals surface area contributed by atoms with E-state index < -0.39 is 0 Å². The maximum Gasteiger partial charge on any atom is 0.0316 e. The van der Waals surface area contributed by atoms with E-state index in [1.807, 2.05) is 0 Å². The molecule has 8 heavy (non-hydrogen) atoms. The van der Waals surface area contributed by atoms with Gasteiger partial charge >= 0.3 is 0 Å². The summed E-state index contributed by atoms with van der Waals surface area (Å²) in [6.07, 6.45) is 1.02. The summed E-state index contributed by atoms with van der Waals surface area (Å²) in [5.41, 5.74) is 0. The fourth-order valence-electron chi connectivity index (χ4n) is 0.881. The number of nitrogens with zero attached hydrogens (tertiary/aromatic N) is 1. The number of hydrogen-bond acceptors (Lipinski definition) is 1. The van der Waals surface area contributed by atoms with Crippen LogP contribution in [0.1, 0.15) is 13.3 Å². The zero-order valence-corrected chi connectivity index (χ0v) is 5.75. The van der Waals surface area contributed by atoms with Crippen LogP contribution < -0.4 is 0 Å². The lowest BCUT2D eigenvalue weighted by atomic mass is 10.2. The van der Waals surface area contributed by atoms with Crippen LogP contribution in [-0.2, 0) is 0 Å². The summed E-state index contributed by atoms with van der Waals surface area (Å²) >= 11 is 0. The van der Waals surface area contributed by atoms with Crippen LogP contribution in [0.15, 0.2) is 0 Å². The van der Waals surface area contributed by atoms with Gasteiger partial charge in [-0.15, -0.1) is 22.0 Å². The van der Waals surface area contributed by atoms with E-state index in [0.717, 1.165) is 11.5 Å². The van der Waals surface area contributed by atoms with Gasteiger partial charge in [0.15, 0.2) is 0 Å². The van der Waals surface area contributed by atoms with Gasteiger partial charge in [0.25, 0.3) is 0 Å². The van der Waals surface area contributed by atoms with Gasteiger partial charge in [-0.2, -0.15) is 0 Å². The molecular weight excluding hydrogens is 129 g/mol. The van der Waals surface area contributed by atoms with Crippen LogP contribution in [0, 0.1) is 5.92 Å². The highest BCUT2D eigenvalue weighted by atomic mass is 35.5. The molecule has 1 saturated heterocycles. The number of halogens is 2. The van der Waals surface area contributed by atoms with E-state index in [-0.39, 0.29) is 12.4 Å². The Kier molecular flexibility index (Phi) is 3.33.